The monoisotopic (exact) mass is 353 g/mol. The predicted octanol–water partition coefficient (Wildman–Crippen LogP) is 3.08. The molecule has 7 nitrogen and oxygen atoms in total. The minimum atomic E-state index is -0.195. The molecule has 4 rings (SSSR count). The highest BCUT2D eigenvalue weighted by Crippen LogP contribution is 2.29. The van der Waals surface area contributed by atoms with Crippen LogP contribution in [0.4, 0.5) is 5.13 Å². The van der Waals surface area contributed by atoms with Crippen LogP contribution in [0.15, 0.2) is 42.5 Å². The SMILES string of the molecule is CCOc1ccc2nc(NC(=O)Cn3nnc4ccccc43)sc2c1. The van der Waals surface area contributed by atoms with Crippen LogP contribution < -0.4 is 10.1 Å². The first-order valence-corrected chi connectivity index (χ1v) is 8.66. The van der Waals surface area contributed by atoms with Gasteiger partial charge in [0.25, 0.3) is 0 Å². The van der Waals surface area contributed by atoms with Gasteiger partial charge in [0.2, 0.25) is 5.91 Å². The number of rotatable bonds is 5. The van der Waals surface area contributed by atoms with Crippen molar-refractivity contribution < 1.29 is 9.53 Å². The molecule has 0 saturated carbocycles. The third-order valence-corrected chi connectivity index (χ3v) is 4.56. The van der Waals surface area contributed by atoms with Gasteiger partial charge in [0.15, 0.2) is 5.13 Å². The number of amides is 1. The van der Waals surface area contributed by atoms with Gasteiger partial charge in [-0.15, -0.1) is 5.10 Å². The number of ether oxygens (including phenoxy) is 1. The van der Waals surface area contributed by atoms with Gasteiger partial charge in [-0.05, 0) is 37.3 Å². The molecule has 8 heteroatoms. The average molecular weight is 353 g/mol. The van der Waals surface area contributed by atoms with Gasteiger partial charge in [0, 0.05) is 0 Å². The molecule has 0 aliphatic rings. The molecule has 0 spiro atoms. The van der Waals surface area contributed by atoms with E-state index in [1.165, 1.54) is 11.3 Å². The lowest BCUT2D eigenvalue weighted by molar-refractivity contribution is -0.116. The van der Waals surface area contributed by atoms with Crippen molar-refractivity contribution in [3.05, 3.63) is 42.5 Å². The fraction of sp³-hybridized carbons (Fsp3) is 0.176. The second-order valence-corrected chi connectivity index (χ2v) is 6.40. The zero-order valence-electron chi connectivity index (χ0n) is 13.5. The number of hydrogen-bond acceptors (Lipinski definition) is 6. The quantitative estimate of drug-likeness (QED) is 0.596. The standard InChI is InChI=1S/C17H15N5O2S/c1-2-24-11-7-8-13-15(9-11)25-17(18-13)19-16(23)10-22-14-6-4-3-5-12(14)20-21-22/h3-9H,2,10H2,1H3,(H,18,19,23). The molecule has 0 saturated heterocycles. The van der Waals surface area contributed by atoms with Crippen LogP contribution in [-0.4, -0.2) is 32.5 Å². The molecule has 0 unspecified atom stereocenters. The van der Waals surface area contributed by atoms with Crippen molar-refractivity contribution in [3.63, 3.8) is 0 Å². The van der Waals surface area contributed by atoms with Gasteiger partial charge >= 0.3 is 0 Å². The molecule has 2 heterocycles. The van der Waals surface area contributed by atoms with Gasteiger partial charge in [-0.3, -0.25) is 4.79 Å². The van der Waals surface area contributed by atoms with E-state index in [4.69, 9.17) is 4.74 Å². The van der Waals surface area contributed by atoms with E-state index in [0.717, 1.165) is 27.0 Å². The summed E-state index contributed by atoms with van der Waals surface area (Å²) in [4.78, 5) is 16.7. The fourth-order valence-corrected chi connectivity index (χ4v) is 3.45. The number of nitrogens with one attached hydrogen (secondary N) is 1. The summed E-state index contributed by atoms with van der Waals surface area (Å²) >= 11 is 1.41. The lowest BCUT2D eigenvalue weighted by Crippen LogP contribution is -2.19. The Hall–Kier alpha value is -3.00. The molecular weight excluding hydrogens is 338 g/mol. The summed E-state index contributed by atoms with van der Waals surface area (Å²) in [6.45, 7) is 2.64. The van der Waals surface area contributed by atoms with Crippen LogP contribution in [0.3, 0.4) is 0 Å². The Kier molecular flexibility index (Phi) is 4.02. The van der Waals surface area contributed by atoms with Crippen LogP contribution in [0, 0.1) is 0 Å². The maximum absolute atomic E-state index is 12.3. The molecule has 2 aromatic carbocycles. The third-order valence-electron chi connectivity index (χ3n) is 3.63. The van der Waals surface area contributed by atoms with E-state index in [1.54, 1.807) is 4.68 Å². The van der Waals surface area contributed by atoms with Gasteiger partial charge in [-0.2, -0.15) is 0 Å². The van der Waals surface area contributed by atoms with Gasteiger partial charge in [0.05, 0.1) is 22.3 Å². The molecule has 4 aromatic rings. The van der Waals surface area contributed by atoms with Crippen molar-refractivity contribution in [2.75, 3.05) is 11.9 Å². The number of aromatic nitrogens is 4. The number of benzene rings is 2. The van der Waals surface area contributed by atoms with Gasteiger partial charge in [0.1, 0.15) is 17.8 Å². The topological polar surface area (TPSA) is 81.9 Å². The molecule has 0 aliphatic heterocycles. The first kappa shape index (κ1) is 15.5. The molecule has 0 fully saturated rings. The summed E-state index contributed by atoms with van der Waals surface area (Å²) in [5.74, 6) is 0.602. The minimum absolute atomic E-state index is 0.0840. The summed E-state index contributed by atoms with van der Waals surface area (Å²) in [6, 6.07) is 13.2. The molecule has 1 amide bonds. The van der Waals surface area contributed by atoms with E-state index in [0.29, 0.717) is 11.7 Å². The summed E-state index contributed by atoms with van der Waals surface area (Å²) in [7, 11) is 0. The van der Waals surface area contributed by atoms with E-state index >= 15 is 0 Å². The van der Waals surface area contributed by atoms with Crippen LogP contribution in [-0.2, 0) is 11.3 Å². The third kappa shape index (κ3) is 3.16. The Bertz CT molecular complexity index is 1060. The van der Waals surface area contributed by atoms with Crippen LogP contribution in [0.1, 0.15) is 6.92 Å². The molecule has 0 aliphatic carbocycles. The van der Waals surface area contributed by atoms with Gasteiger partial charge in [-0.1, -0.05) is 28.7 Å². The van der Waals surface area contributed by atoms with Crippen molar-refractivity contribution in [1.82, 2.24) is 20.0 Å². The van der Waals surface area contributed by atoms with Crippen molar-refractivity contribution in [1.29, 1.82) is 0 Å². The van der Waals surface area contributed by atoms with E-state index in [1.807, 2.05) is 49.4 Å². The summed E-state index contributed by atoms with van der Waals surface area (Å²) in [6.07, 6.45) is 0. The first-order chi connectivity index (χ1) is 12.2. The summed E-state index contributed by atoms with van der Waals surface area (Å²) in [5.41, 5.74) is 2.41. The Labute approximate surface area is 147 Å². The molecule has 25 heavy (non-hydrogen) atoms. The maximum Gasteiger partial charge on any atom is 0.247 e. The lowest BCUT2D eigenvalue weighted by Gasteiger charge is -2.02. The Morgan fingerprint density at radius 3 is 3.00 bits per heavy atom. The molecular formula is C17H15N5O2S. The smallest absolute Gasteiger partial charge is 0.247 e. The number of nitrogens with zero attached hydrogens (tertiary/aromatic N) is 4. The zero-order valence-corrected chi connectivity index (χ0v) is 14.3. The molecule has 0 radical (unpaired) electrons. The number of anilines is 1. The molecule has 2 aromatic heterocycles. The molecule has 0 atom stereocenters. The van der Waals surface area contributed by atoms with E-state index < -0.39 is 0 Å². The highest BCUT2D eigenvalue weighted by Gasteiger charge is 2.11. The number of para-hydroxylation sites is 1. The van der Waals surface area contributed by atoms with Crippen LogP contribution >= 0.6 is 11.3 Å². The molecule has 126 valence electrons. The highest BCUT2D eigenvalue weighted by atomic mass is 32.1. The number of thiazole rings is 1. The Balaban J connectivity index is 1.51. The Morgan fingerprint density at radius 2 is 2.12 bits per heavy atom. The van der Waals surface area contributed by atoms with Crippen molar-refractivity contribution in [2.45, 2.75) is 13.5 Å². The fourth-order valence-electron chi connectivity index (χ4n) is 2.54. The highest BCUT2D eigenvalue weighted by molar-refractivity contribution is 7.22. The van der Waals surface area contributed by atoms with Gasteiger partial charge in [-0.25, -0.2) is 9.67 Å². The second kappa shape index (κ2) is 6.48. The van der Waals surface area contributed by atoms with Gasteiger partial charge < -0.3 is 10.1 Å². The van der Waals surface area contributed by atoms with Crippen LogP contribution in [0.25, 0.3) is 21.3 Å². The van der Waals surface area contributed by atoms with Crippen LogP contribution in [0.5, 0.6) is 5.75 Å². The zero-order chi connectivity index (χ0) is 17.2. The number of carbonyl (C=O) groups is 1. The first-order valence-electron chi connectivity index (χ1n) is 7.84. The van der Waals surface area contributed by atoms with E-state index in [2.05, 4.69) is 20.6 Å². The number of hydrogen-bond donors (Lipinski definition) is 1. The predicted molar refractivity (Wildman–Crippen MR) is 96.9 cm³/mol. The number of fused-ring (bicyclic) bond motifs is 2. The van der Waals surface area contributed by atoms with E-state index in [9.17, 15) is 4.79 Å². The summed E-state index contributed by atoms with van der Waals surface area (Å²) in [5, 5.41) is 11.4. The second-order valence-electron chi connectivity index (χ2n) is 5.37. The lowest BCUT2D eigenvalue weighted by atomic mass is 10.3. The van der Waals surface area contributed by atoms with E-state index in [-0.39, 0.29) is 12.5 Å². The number of carbonyl (C=O) groups excluding carboxylic acids is 1. The molecule has 0 bridgehead atoms. The van der Waals surface area contributed by atoms with Crippen molar-refractivity contribution in [3.8, 4) is 5.75 Å². The maximum atomic E-state index is 12.3. The minimum Gasteiger partial charge on any atom is -0.494 e. The normalized spacial score (nSPS) is 11.1. The summed E-state index contributed by atoms with van der Waals surface area (Å²) < 4.78 is 8.03. The van der Waals surface area contributed by atoms with Crippen molar-refractivity contribution >= 4 is 43.6 Å². The van der Waals surface area contributed by atoms with Crippen molar-refractivity contribution in [2.24, 2.45) is 0 Å². The average Bonchev–Trinajstić information content (AvgIpc) is 3.18. The van der Waals surface area contributed by atoms with Crippen LogP contribution in [0.2, 0.25) is 0 Å². The Morgan fingerprint density at radius 1 is 1.24 bits per heavy atom. The molecule has 1 N–H and O–H groups in total. The largest absolute Gasteiger partial charge is 0.494 e.